The highest BCUT2D eigenvalue weighted by Gasteiger charge is 1.87. The van der Waals surface area contributed by atoms with Crippen LogP contribution >= 0.6 is 21.6 Å². The molecule has 0 fully saturated rings. The van der Waals surface area contributed by atoms with Crippen molar-refractivity contribution in [3.05, 3.63) is 0 Å². The molecule has 0 bridgehead atoms. The van der Waals surface area contributed by atoms with Crippen LogP contribution in [0.4, 0.5) is 0 Å². The second kappa shape index (κ2) is 16.7. The van der Waals surface area contributed by atoms with E-state index in [4.69, 9.17) is 5.48 Å². The molecule has 6 heteroatoms. The standard InChI is InChI=1S/C4H12N2S2.2ClH/c5-1-3-7-8-4-2-6;;/h1-6H2;2*1H/i3D2,4D2;;. The van der Waals surface area contributed by atoms with Crippen molar-refractivity contribution in [1.82, 2.24) is 0 Å². The summed E-state index contributed by atoms with van der Waals surface area (Å²) in [4.78, 5) is 0. The minimum atomic E-state index is -1.45. The van der Waals surface area contributed by atoms with Crippen LogP contribution in [0.1, 0.15) is 5.48 Å². The number of halogens is 2. The Morgan fingerprint density at radius 3 is 1.50 bits per heavy atom. The predicted molar refractivity (Wildman–Crippen MR) is 40.4 cm³/mol. The van der Waals surface area contributed by atoms with Crippen LogP contribution in [0.3, 0.4) is 0 Å². The van der Waals surface area contributed by atoms with E-state index in [1.54, 1.807) is 0 Å². The fourth-order valence-corrected chi connectivity index (χ4v) is 1.28. The predicted octanol–water partition coefficient (Wildman–Crippen LogP) is -7.14. The molecular formula is C4H14Cl2N2S2. The molecule has 6 N–H and O–H groups in total. The van der Waals surface area contributed by atoms with E-state index < -0.39 is 11.4 Å². The first kappa shape index (κ1) is 7.83. The van der Waals surface area contributed by atoms with Gasteiger partial charge in [0.1, 0.15) is 0 Å². The van der Waals surface area contributed by atoms with Gasteiger partial charge in [-0.2, -0.15) is 0 Å². The number of quaternary nitrogens is 2. The lowest BCUT2D eigenvalue weighted by Crippen LogP contribution is -3.00. The SMILES string of the molecule is [2H]C([2H])(C[NH3+])SSC([2H])([2H])C[NH3+].[Cl-].[Cl-]. The molecule has 0 rings (SSSR count). The van der Waals surface area contributed by atoms with Crippen LogP contribution < -0.4 is 36.3 Å². The van der Waals surface area contributed by atoms with E-state index in [1.807, 2.05) is 0 Å². The third kappa shape index (κ3) is 16.1. The molecule has 0 saturated heterocycles. The summed E-state index contributed by atoms with van der Waals surface area (Å²) < 4.78 is 29.2. The Kier molecular flexibility index (Phi) is 13.0. The van der Waals surface area contributed by atoms with Crippen molar-refractivity contribution >= 4 is 21.6 Å². The lowest BCUT2D eigenvalue weighted by atomic mass is 10.8. The topological polar surface area (TPSA) is 55.3 Å². The molecule has 0 heterocycles. The van der Waals surface area contributed by atoms with E-state index >= 15 is 0 Å². The molecule has 0 aliphatic rings. The highest BCUT2D eigenvalue weighted by atomic mass is 35.5. The Morgan fingerprint density at radius 1 is 1.00 bits per heavy atom. The molecule has 0 radical (unpaired) electrons. The minimum absolute atomic E-state index is 0. The molecule has 66 valence electrons. The van der Waals surface area contributed by atoms with Gasteiger partial charge in [-0.3, -0.25) is 0 Å². The summed E-state index contributed by atoms with van der Waals surface area (Å²) in [6, 6.07) is 0. The van der Waals surface area contributed by atoms with Crippen molar-refractivity contribution in [2.75, 3.05) is 24.5 Å². The van der Waals surface area contributed by atoms with Crippen LogP contribution in [0.2, 0.25) is 0 Å². The summed E-state index contributed by atoms with van der Waals surface area (Å²) in [6.45, 7) is 0.274. The molecule has 0 aromatic heterocycles. The minimum Gasteiger partial charge on any atom is -1.00 e. The van der Waals surface area contributed by atoms with Gasteiger partial charge in [0.2, 0.25) is 0 Å². The van der Waals surface area contributed by atoms with Gasteiger partial charge in [0, 0.05) is 5.48 Å². The zero-order valence-corrected chi connectivity index (χ0v) is 8.55. The van der Waals surface area contributed by atoms with Crippen LogP contribution in [0, 0.1) is 0 Å². The molecule has 0 aliphatic heterocycles. The Balaban J connectivity index is -0.000000605. The van der Waals surface area contributed by atoms with Gasteiger partial charge in [0.25, 0.3) is 0 Å². The van der Waals surface area contributed by atoms with E-state index in [2.05, 4.69) is 11.5 Å². The summed E-state index contributed by atoms with van der Waals surface area (Å²) in [5.41, 5.74) is 3.97. The average molecular weight is 229 g/mol. The van der Waals surface area contributed by atoms with Gasteiger partial charge >= 0.3 is 0 Å². The molecule has 2 nitrogen and oxygen atoms in total. The molecule has 0 saturated carbocycles. The smallest absolute Gasteiger partial charge is 0.0840 e. The zero-order valence-electron chi connectivity index (χ0n) is 9.40. The Labute approximate surface area is 88.1 Å². The summed E-state index contributed by atoms with van der Waals surface area (Å²) >= 11 is 0. The molecule has 0 amide bonds. The van der Waals surface area contributed by atoms with Gasteiger partial charge in [-0.25, -0.2) is 0 Å². The quantitative estimate of drug-likeness (QED) is 0.460. The maximum Gasteiger partial charge on any atom is 0.0840 e. The number of rotatable bonds is 5. The van der Waals surface area contributed by atoms with E-state index in [0.717, 1.165) is 21.6 Å². The maximum absolute atomic E-state index is 7.29. The van der Waals surface area contributed by atoms with Crippen molar-refractivity contribution in [1.29, 1.82) is 0 Å². The van der Waals surface area contributed by atoms with Gasteiger partial charge in [0.05, 0.1) is 24.5 Å². The Bertz CT molecular complexity index is 135. The van der Waals surface area contributed by atoms with E-state index in [1.165, 1.54) is 0 Å². The highest BCUT2D eigenvalue weighted by molar-refractivity contribution is 8.76. The fraction of sp³-hybridized carbons (Fsp3) is 1.00. The van der Waals surface area contributed by atoms with Gasteiger partial charge < -0.3 is 36.3 Å². The van der Waals surface area contributed by atoms with Gasteiger partial charge in [-0.1, -0.05) is 21.6 Å². The first-order valence-corrected chi connectivity index (χ1v) is 4.43. The van der Waals surface area contributed by atoms with Crippen LogP contribution in [0.15, 0.2) is 0 Å². The molecule has 0 spiro atoms. The van der Waals surface area contributed by atoms with Gasteiger partial charge in [0.15, 0.2) is 0 Å². The third-order valence-corrected chi connectivity index (χ3v) is 2.05. The summed E-state index contributed by atoms with van der Waals surface area (Å²) in [5, 5.41) is 0. The molecule has 0 aromatic rings. The van der Waals surface area contributed by atoms with Crippen LogP contribution in [0.25, 0.3) is 0 Å². The molecular weight excluding hydrogens is 211 g/mol. The van der Waals surface area contributed by atoms with E-state index in [-0.39, 0.29) is 37.9 Å². The average Bonchev–Trinajstić information content (AvgIpc) is 2.02. The van der Waals surface area contributed by atoms with Crippen molar-refractivity contribution in [3.8, 4) is 0 Å². The molecule has 10 heavy (non-hydrogen) atoms. The van der Waals surface area contributed by atoms with Crippen LogP contribution in [-0.4, -0.2) is 24.5 Å². The second-order valence-corrected chi connectivity index (χ2v) is 2.87. The van der Waals surface area contributed by atoms with Crippen molar-refractivity contribution < 1.29 is 41.8 Å². The zero-order chi connectivity index (χ0) is 9.83. The summed E-state index contributed by atoms with van der Waals surface area (Å²) in [5.74, 6) is 0. The van der Waals surface area contributed by atoms with E-state index in [9.17, 15) is 0 Å². The molecule has 0 unspecified atom stereocenters. The molecule has 0 aromatic carbocycles. The molecule has 0 atom stereocenters. The maximum atomic E-state index is 7.29. The Morgan fingerprint density at radius 2 is 1.30 bits per heavy atom. The highest BCUT2D eigenvalue weighted by Crippen LogP contribution is 2.17. The second-order valence-electron chi connectivity index (χ2n) is 0.955. The Hall–Kier alpha value is 1.20. The van der Waals surface area contributed by atoms with Crippen molar-refractivity contribution in [3.63, 3.8) is 0 Å². The van der Waals surface area contributed by atoms with Crippen molar-refractivity contribution in [2.24, 2.45) is 0 Å². The van der Waals surface area contributed by atoms with Crippen molar-refractivity contribution in [2.45, 2.75) is 0 Å². The molecule has 0 aliphatic carbocycles. The monoisotopic (exact) mass is 228 g/mol. The van der Waals surface area contributed by atoms with Crippen LogP contribution in [0.5, 0.6) is 0 Å². The first-order valence-electron chi connectivity index (χ1n) is 4.28. The largest absolute Gasteiger partial charge is 1.00 e. The summed E-state index contributed by atoms with van der Waals surface area (Å²) in [6.07, 6.45) is 0. The fourth-order valence-electron chi connectivity index (χ4n) is 0.142. The number of hydrogen-bond donors (Lipinski definition) is 2. The lowest BCUT2D eigenvalue weighted by molar-refractivity contribution is -0.360. The third-order valence-electron chi connectivity index (χ3n) is 0.364. The van der Waals surface area contributed by atoms with Crippen LogP contribution in [-0.2, 0) is 0 Å². The van der Waals surface area contributed by atoms with Gasteiger partial charge in [-0.05, 0) is 0 Å². The van der Waals surface area contributed by atoms with Gasteiger partial charge in [-0.15, -0.1) is 0 Å². The lowest BCUT2D eigenvalue weighted by Gasteiger charge is -1.91. The number of hydrogen-bond acceptors (Lipinski definition) is 2. The first-order chi connectivity index (χ1) is 5.33. The normalized spacial score (nSPS) is 16.6. The van der Waals surface area contributed by atoms with E-state index in [0.29, 0.717) is 0 Å². The summed E-state index contributed by atoms with van der Waals surface area (Å²) in [7, 11) is 1.77.